The number of hydrogen-bond donors (Lipinski definition) is 2. The number of aromatic amines is 1. The summed E-state index contributed by atoms with van der Waals surface area (Å²) in [7, 11) is 0. The second-order valence-electron chi connectivity index (χ2n) is 5.54. The molecule has 0 fully saturated rings. The Hall–Kier alpha value is -2.37. The van der Waals surface area contributed by atoms with Crippen LogP contribution in [-0.4, -0.2) is 21.7 Å². The minimum atomic E-state index is -0.637. The van der Waals surface area contributed by atoms with Gasteiger partial charge in [0.2, 0.25) is 5.78 Å². The fraction of sp³-hybridized carbons (Fsp3) is 0.167. The molecule has 1 heterocycles. The minimum Gasteiger partial charge on any atom is -0.345 e. The fourth-order valence-electron chi connectivity index (χ4n) is 2.41. The van der Waals surface area contributed by atoms with Crippen molar-refractivity contribution in [1.82, 2.24) is 15.3 Å². The molecule has 2 aromatic carbocycles. The predicted octanol–water partition coefficient (Wildman–Crippen LogP) is 3.69. The molecule has 0 atom stereocenters. The van der Waals surface area contributed by atoms with E-state index in [2.05, 4.69) is 15.3 Å². The van der Waals surface area contributed by atoms with E-state index in [0.717, 1.165) is 11.0 Å². The number of amides is 1. The maximum absolute atomic E-state index is 12.0. The second-order valence-corrected chi connectivity index (χ2v) is 6.39. The lowest BCUT2D eigenvalue weighted by Gasteiger charge is -2.06. The summed E-state index contributed by atoms with van der Waals surface area (Å²) in [6.45, 7) is 0.172. The second kappa shape index (κ2) is 7.68. The van der Waals surface area contributed by atoms with Gasteiger partial charge in [0, 0.05) is 29.4 Å². The number of imidazole rings is 1. The fourth-order valence-corrected chi connectivity index (χ4v) is 2.88. The highest BCUT2D eigenvalue weighted by Crippen LogP contribution is 2.20. The van der Waals surface area contributed by atoms with E-state index in [-0.39, 0.29) is 13.0 Å². The molecule has 3 aromatic rings. The zero-order valence-electron chi connectivity index (χ0n) is 13.2. The largest absolute Gasteiger partial charge is 0.345 e. The average molecular weight is 376 g/mol. The Kier molecular flexibility index (Phi) is 5.36. The van der Waals surface area contributed by atoms with Crippen LogP contribution < -0.4 is 5.32 Å². The third kappa shape index (κ3) is 4.38. The van der Waals surface area contributed by atoms with Crippen molar-refractivity contribution in [3.63, 3.8) is 0 Å². The van der Waals surface area contributed by atoms with Crippen LogP contribution in [0.5, 0.6) is 0 Å². The molecule has 0 radical (unpaired) electrons. The van der Waals surface area contributed by atoms with E-state index in [1.165, 1.54) is 0 Å². The van der Waals surface area contributed by atoms with Crippen molar-refractivity contribution >= 4 is 45.9 Å². The molecular formula is C18H15Cl2N3O2. The molecule has 0 aliphatic heterocycles. The highest BCUT2D eigenvalue weighted by Gasteiger charge is 2.15. The van der Waals surface area contributed by atoms with E-state index in [0.29, 0.717) is 27.9 Å². The number of halogens is 2. The number of rotatable bonds is 6. The number of nitrogens with one attached hydrogen (secondary N) is 2. The van der Waals surface area contributed by atoms with Crippen molar-refractivity contribution < 1.29 is 9.59 Å². The molecule has 0 bridgehead atoms. The first kappa shape index (κ1) is 17.5. The Morgan fingerprint density at radius 3 is 2.68 bits per heavy atom. The number of aromatic nitrogens is 2. The van der Waals surface area contributed by atoms with Gasteiger partial charge in [-0.25, -0.2) is 4.98 Å². The van der Waals surface area contributed by atoms with Gasteiger partial charge in [-0.1, -0.05) is 41.4 Å². The molecule has 2 N–H and O–H groups in total. The summed E-state index contributed by atoms with van der Waals surface area (Å²) in [6.07, 6.45) is 0.461. The van der Waals surface area contributed by atoms with Gasteiger partial charge in [-0.05, 0) is 29.8 Å². The van der Waals surface area contributed by atoms with Gasteiger partial charge in [-0.15, -0.1) is 0 Å². The Balaban J connectivity index is 1.53. The summed E-state index contributed by atoms with van der Waals surface area (Å²) in [4.78, 5) is 31.4. The number of hydrogen-bond acceptors (Lipinski definition) is 3. The Labute approximate surface area is 154 Å². The van der Waals surface area contributed by atoms with E-state index in [1.54, 1.807) is 18.2 Å². The topological polar surface area (TPSA) is 74.8 Å². The molecule has 7 heteroatoms. The predicted molar refractivity (Wildman–Crippen MR) is 97.7 cm³/mol. The number of benzene rings is 2. The summed E-state index contributed by atoms with van der Waals surface area (Å²) in [5.74, 6) is -0.448. The van der Waals surface area contributed by atoms with Crippen LogP contribution in [0.1, 0.15) is 17.8 Å². The van der Waals surface area contributed by atoms with Crippen molar-refractivity contribution in [1.29, 1.82) is 0 Å². The van der Waals surface area contributed by atoms with Gasteiger partial charge in [0.25, 0.3) is 5.91 Å². The van der Waals surface area contributed by atoms with Crippen molar-refractivity contribution in [2.75, 3.05) is 0 Å². The van der Waals surface area contributed by atoms with E-state index >= 15 is 0 Å². The molecule has 1 aromatic heterocycles. The Morgan fingerprint density at radius 2 is 1.92 bits per heavy atom. The number of Topliss-reactive ketones (excluding diaryl/α,β-unsaturated/α-hetero) is 1. The number of ketones is 1. The highest BCUT2D eigenvalue weighted by molar-refractivity contribution is 6.36. The average Bonchev–Trinajstić information content (AvgIpc) is 3.01. The number of aryl methyl sites for hydroxylation is 1. The van der Waals surface area contributed by atoms with Gasteiger partial charge < -0.3 is 10.3 Å². The van der Waals surface area contributed by atoms with Crippen LogP contribution >= 0.6 is 23.2 Å². The number of nitrogens with zero attached hydrogens (tertiary/aromatic N) is 1. The molecule has 0 aliphatic carbocycles. The van der Waals surface area contributed by atoms with E-state index in [4.69, 9.17) is 23.2 Å². The molecule has 5 nitrogen and oxygen atoms in total. The first-order chi connectivity index (χ1) is 12.0. The Morgan fingerprint density at radius 1 is 1.12 bits per heavy atom. The van der Waals surface area contributed by atoms with Crippen molar-refractivity contribution in [2.24, 2.45) is 0 Å². The number of fused-ring (bicyclic) bond motifs is 1. The maximum atomic E-state index is 12.0. The van der Waals surface area contributed by atoms with Crippen molar-refractivity contribution in [3.8, 4) is 0 Å². The van der Waals surface area contributed by atoms with Gasteiger partial charge in [-0.2, -0.15) is 0 Å². The smallest absolute Gasteiger partial charge is 0.287 e. The van der Waals surface area contributed by atoms with Crippen molar-refractivity contribution in [2.45, 2.75) is 19.4 Å². The van der Waals surface area contributed by atoms with Crippen LogP contribution in [0, 0.1) is 0 Å². The van der Waals surface area contributed by atoms with Gasteiger partial charge in [0.1, 0.15) is 5.82 Å². The normalized spacial score (nSPS) is 10.8. The van der Waals surface area contributed by atoms with Crippen LogP contribution in [0.2, 0.25) is 10.0 Å². The number of para-hydroxylation sites is 2. The van der Waals surface area contributed by atoms with Crippen molar-refractivity contribution in [3.05, 3.63) is 63.9 Å². The Bertz CT molecular complexity index is 904. The first-order valence-corrected chi connectivity index (χ1v) is 8.47. The summed E-state index contributed by atoms with van der Waals surface area (Å²) >= 11 is 11.9. The zero-order valence-corrected chi connectivity index (χ0v) is 14.7. The summed E-state index contributed by atoms with van der Waals surface area (Å²) < 4.78 is 0. The van der Waals surface area contributed by atoms with Crippen LogP contribution in [0.25, 0.3) is 11.0 Å². The molecule has 0 aliphatic rings. The quantitative estimate of drug-likeness (QED) is 0.645. The molecule has 0 spiro atoms. The first-order valence-electron chi connectivity index (χ1n) is 7.71. The number of carbonyl (C=O) groups is 2. The van der Waals surface area contributed by atoms with Gasteiger partial charge in [0.05, 0.1) is 11.0 Å². The summed E-state index contributed by atoms with van der Waals surface area (Å²) in [5.41, 5.74) is 2.45. The lowest BCUT2D eigenvalue weighted by Crippen LogP contribution is -2.30. The highest BCUT2D eigenvalue weighted by atomic mass is 35.5. The zero-order chi connectivity index (χ0) is 17.8. The molecule has 0 saturated heterocycles. The van der Waals surface area contributed by atoms with Gasteiger partial charge in [-0.3, -0.25) is 9.59 Å². The van der Waals surface area contributed by atoms with E-state index in [9.17, 15) is 9.59 Å². The van der Waals surface area contributed by atoms with E-state index in [1.807, 2.05) is 24.3 Å². The third-order valence-corrected chi connectivity index (χ3v) is 4.32. The van der Waals surface area contributed by atoms with Gasteiger partial charge >= 0.3 is 0 Å². The molecule has 1 amide bonds. The molecule has 128 valence electrons. The number of carbonyl (C=O) groups excluding carboxylic acids is 2. The molecular weight excluding hydrogens is 361 g/mol. The number of H-pyrrole nitrogens is 1. The van der Waals surface area contributed by atoms with Crippen LogP contribution in [0.15, 0.2) is 42.5 Å². The SMILES string of the molecule is O=C(CCc1nc2ccccc2[nH]1)C(=O)NCc1ccc(Cl)cc1Cl. The molecule has 0 unspecified atom stereocenters. The standard InChI is InChI=1S/C18H15Cl2N3O2/c19-12-6-5-11(13(20)9-12)10-21-18(25)16(24)7-8-17-22-14-3-1-2-4-15(14)23-17/h1-6,9H,7-8,10H2,(H,21,25)(H,22,23). The summed E-state index contributed by atoms with van der Waals surface area (Å²) in [5, 5.41) is 3.54. The molecule has 25 heavy (non-hydrogen) atoms. The lowest BCUT2D eigenvalue weighted by molar-refractivity contribution is -0.138. The summed E-state index contributed by atoms with van der Waals surface area (Å²) in [6, 6.07) is 12.6. The lowest BCUT2D eigenvalue weighted by atomic mass is 10.2. The molecule has 3 rings (SSSR count). The third-order valence-electron chi connectivity index (χ3n) is 3.74. The minimum absolute atomic E-state index is 0.0833. The maximum Gasteiger partial charge on any atom is 0.287 e. The van der Waals surface area contributed by atoms with Gasteiger partial charge in [0.15, 0.2) is 0 Å². The van der Waals surface area contributed by atoms with Crippen LogP contribution in [-0.2, 0) is 22.6 Å². The van der Waals surface area contributed by atoms with E-state index < -0.39 is 11.7 Å². The monoisotopic (exact) mass is 375 g/mol. The molecule has 0 saturated carbocycles. The van der Waals surface area contributed by atoms with Crippen LogP contribution in [0.3, 0.4) is 0 Å². The van der Waals surface area contributed by atoms with Crippen LogP contribution in [0.4, 0.5) is 0 Å².